The molecular formula is C19H15F3N4. The van der Waals surface area contributed by atoms with Crippen LogP contribution in [-0.2, 0) is 6.18 Å². The summed E-state index contributed by atoms with van der Waals surface area (Å²) >= 11 is 0. The number of aromatic nitrogens is 3. The van der Waals surface area contributed by atoms with Gasteiger partial charge < -0.3 is 4.90 Å². The Balaban J connectivity index is 1.89. The van der Waals surface area contributed by atoms with Crippen molar-refractivity contribution in [3.8, 4) is 11.3 Å². The number of rotatable bonds is 2. The summed E-state index contributed by atoms with van der Waals surface area (Å²) in [4.78, 5) is 6.49. The smallest absolute Gasteiger partial charge is 0.340 e. The van der Waals surface area contributed by atoms with E-state index in [9.17, 15) is 13.2 Å². The van der Waals surface area contributed by atoms with Crippen LogP contribution in [0.15, 0.2) is 61.0 Å². The molecule has 3 heterocycles. The SMILES string of the molecule is Cc1nn2ccc(-c3ccccc3C(F)(F)F)nc2c1N1C=CC=CC1. The third-order valence-corrected chi connectivity index (χ3v) is 4.24. The highest BCUT2D eigenvalue weighted by Crippen LogP contribution is 2.37. The van der Waals surface area contributed by atoms with Gasteiger partial charge in [-0.05, 0) is 25.1 Å². The van der Waals surface area contributed by atoms with Gasteiger partial charge >= 0.3 is 6.18 Å². The van der Waals surface area contributed by atoms with Crippen LogP contribution in [0.4, 0.5) is 18.9 Å². The van der Waals surface area contributed by atoms with Crippen LogP contribution in [0.25, 0.3) is 16.9 Å². The molecule has 4 nitrogen and oxygen atoms in total. The minimum Gasteiger partial charge on any atom is -0.340 e. The molecule has 2 aromatic heterocycles. The van der Waals surface area contributed by atoms with E-state index in [2.05, 4.69) is 10.1 Å². The average molecular weight is 356 g/mol. The summed E-state index contributed by atoms with van der Waals surface area (Å²) in [5, 5.41) is 4.43. The van der Waals surface area contributed by atoms with Gasteiger partial charge in [0.1, 0.15) is 5.69 Å². The van der Waals surface area contributed by atoms with Crippen molar-refractivity contribution in [2.24, 2.45) is 0 Å². The molecule has 0 radical (unpaired) electrons. The highest BCUT2D eigenvalue weighted by Gasteiger charge is 2.33. The van der Waals surface area contributed by atoms with Crippen molar-refractivity contribution in [1.29, 1.82) is 0 Å². The quantitative estimate of drug-likeness (QED) is 0.672. The van der Waals surface area contributed by atoms with E-state index in [0.29, 0.717) is 12.2 Å². The molecule has 0 saturated carbocycles. The molecule has 4 rings (SSSR count). The number of hydrogen-bond acceptors (Lipinski definition) is 3. The maximum absolute atomic E-state index is 13.4. The molecule has 0 bridgehead atoms. The average Bonchev–Trinajstić information content (AvgIpc) is 2.96. The summed E-state index contributed by atoms with van der Waals surface area (Å²) in [5.41, 5.74) is 1.70. The monoisotopic (exact) mass is 356 g/mol. The van der Waals surface area contributed by atoms with Crippen molar-refractivity contribution in [2.75, 3.05) is 11.4 Å². The second kappa shape index (κ2) is 6.01. The van der Waals surface area contributed by atoms with E-state index in [1.807, 2.05) is 36.3 Å². The summed E-state index contributed by atoms with van der Waals surface area (Å²) in [7, 11) is 0. The van der Waals surface area contributed by atoms with Crippen LogP contribution in [0.1, 0.15) is 11.3 Å². The lowest BCUT2D eigenvalue weighted by molar-refractivity contribution is -0.137. The van der Waals surface area contributed by atoms with Crippen LogP contribution in [0.2, 0.25) is 0 Å². The van der Waals surface area contributed by atoms with Gasteiger partial charge in [-0.15, -0.1) is 0 Å². The zero-order valence-electron chi connectivity index (χ0n) is 13.9. The molecular weight excluding hydrogens is 341 g/mol. The fourth-order valence-corrected chi connectivity index (χ4v) is 3.10. The van der Waals surface area contributed by atoms with Crippen LogP contribution >= 0.6 is 0 Å². The third-order valence-electron chi connectivity index (χ3n) is 4.24. The molecule has 1 aliphatic heterocycles. The van der Waals surface area contributed by atoms with E-state index in [0.717, 1.165) is 17.4 Å². The molecule has 3 aromatic rings. The Morgan fingerprint density at radius 2 is 1.88 bits per heavy atom. The molecule has 0 N–H and O–H groups in total. The topological polar surface area (TPSA) is 33.4 Å². The number of halogens is 3. The van der Waals surface area contributed by atoms with Gasteiger partial charge in [0.2, 0.25) is 0 Å². The van der Waals surface area contributed by atoms with Crippen LogP contribution in [0, 0.1) is 6.92 Å². The Labute approximate surface area is 147 Å². The van der Waals surface area contributed by atoms with Crippen LogP contribution in [-0.4, -0.2) is 21.1 Å². The van der Waals surface area contributed by atoms with Gasteiger partial charge in [0.15, 0.2) is 5.65 Å². The van der Waals surface area contributed by atoms with E-state index in [4.69, 9.17) is 0 Å². The largest absolute Gasteiger partial charge is 0.417 e. The van der Waals surface area contributed by atoms with Crippen molar-refractivity contribution >= 4 is 11.3 Å². The number of hydrogen-bond donors (Lipinski definition) is 0. The molecule has 0 fully saturated rings. The lowest BCUT2D eigenvalue weighted by Crippen LogP contribution is -2.18. The number of fused-ring (bicyclic) bond motifs is 1. The predicted molar refractivity (Wildman–Crippen MR) is 93.8 cm³/mol. The second-order valence-corrected chi connectivity index (χ2v) is 5.98. The maximum atomic E-state index is 13.4. The molecule has 0 amide bonds. The van der Waals surface area contributed by atoms with Crippen molar-refractivity contribution in [1.82, 2.24) is 14.6 Å². The Bertz CT molecular complexity index is 1030. The van der Waals surface area contributed by atoms with Crippen molar-refractivity contribution < 1.29 is 13.2 Å². The molecule has 7 heteroatoms. The molecule has 0 aliphatic carbocycles. The molecule has 1 aromatic carbocycles. The minimum atomic E-state index is -4.44. The Morgan fingerprint density at radius 3 is 2.62 bits per heavy atom. The first-order valence-corrected chi connectivity index (χ1v) is 8.08. The Hall–Kier alpha value is -3.09. The number of anilines is 1. The summed E-state index contributed by atoms with van der Waals surface area (Å²) < 4.78 is 41.6. The lowest BCUT2D eigenvalue weighted by atomic mass is 10.0. The standard InChI is InChI=1S/C19H15F3N4/c1-13-17(25-10-5-2-6-11-25)18-23-16(9-12-26(18)24-13)14-7-3-4-8-15(14)19(20,21)22/h2-10,12H,11H2,1H3. The van der Waals surface area contributed by atoms with Crippen LogP contribution in [0.3, 0.4) is 0 Å². The van der Waals surface area contributed by atoms with E-state index >= 15 is 0 Å². The third kappa shape index (κ3) is 2.75. The summed E-state index contributed by atoms with van der Waals surface area (Å²) in [5.74, 6) is 0. The highest BCUT2D eigenvalue weighted by molar-refractivity contribution is 5.76. The van der Waals surface area contributed by atoms with Gasteiger partial charge in [-0.25, -0.2) is 9.50 Å². The Morgan fingerprint density at radius 1 is 1.08 bits per heavy atom. The van der Waals surface area contributed by atoms with E-state index in [-0.39, 0.29) is 11.3 Å². The molecule has 132 valence electrons. The molecule has 0 spiro atoms. The zero-order valence-corrected chi connectivity index (χ0v) is 13.9. The van der Waals surface area contributed by atoms with Gasteiger partial charge in [0, 0.05) is 24.5 Å². The molecule has 0 unspecified atom stereocenters. The van der Waals surface area contributed by atoms with E-state index in [1.165, 1.54) is 12.1 Å². The normalized spacial score (nSPS) is 14.4. The van der Waals surface area contributed by atoms with E-state index < -0.39 is 11.7 Å². The number of allylic oxidation sites excluding steroid dienone is 2. The first kappa shape index (κ1) is 16.4. The molecule has 0 saturated heterocycles. The molecule has 1 aliphatic rings. The van der Waals surface area contributed by atoms with Crippen LogP contribution in [0.5, 0.6) is 0 Å². The zero-order chi connectivity index (χ0) is 18.3. The first-order chi connectivity index (χ1) is 12.4. The fourth-order valence-electron chi connectivity index (χ4n) is 3.10. The minimum absolute atomic E-state index is 0.0568. The first-order valence-electron chi connectivity index (χ1n) is 8.08. The number of nitrogens with zero attached hydrogens (tertiary/aromatic N) is 4. The molecule has 26 heavy (non-hydrogen) atoms. The Kier molecular flexibility index (Phi) is 3.79. The maximum Gasteiger partial charge on any atom is 0.417 e. The summed E-state index contributed by atoms with van der Waals surface area (Å²) in [6.45, 7) is 2.52. The van der Waals surface area contributed by atoms with Gasteiger partial charge in [0.25, 0.3) is 0 Å². The van der Waals surface area contributed by atoms with Gasteiger partial charge in [0.05, 0.1) is 17.0 Å². The number of benzene rings is 1. The second-order valence-electron chi connectivity index (χ2n) is 5.98. The van der Waals surface area contributed by atoms with Crippen molar-refractivity contribution in [3.05, 3.63) is 72.2 Å². The lowest BCUT2D eigenvalue weighted by Gasteiger charge is -2.20. The fraction of sp³-hybridized carbons (Fsp3) is 0.158. The predicted octanol–water partition coefficient (Wildman–Crippen LogP) is 4.61. The summed E-state index contributed by atoms with van der Waals surface area (Å²) in [6, 6.07) is 7.02. The van der Waals surface area contributed by atoms with Gasteiger partial charge in [-0.3, -0.25) is 0 Å². The van der Waals surface area contributed by atoms with Crippen molar-refractivity contribution in [2.45, 2.75) is 13.1 Å². The van der Waals surface area contributed by atoms with Crippen LogP contribution < -0.4 is 4.90 Å². The van der Waals surface area contributed by atoms with Gasteiger partial charge in [-0.2, -0.15) is 18.3 Å². The number of alkyl halides is 3. The highest BCUT2D eigenvalue weighted by atomic mass is 19.4. The van der Waals surface area contributed by atoms with E-state index in [1.54, 1.807) is 22.8 Å². The number of aryl methyl sites for hydroxylation is 1. The van der Waals surface area contributed by atoms with Gasteiger partial charge in [-0.1, -0.05) is 30.4 Å². The van der Waals surface area contributed by atoms with Crippen molar-refractivity contribution in [3.63, 3.8) is 0 Å². The molecule has 0 atom stereocenters. The summed E-state index contributed by atoms with van der Waals surface area (Å²) in [6.07, 6.45) is 4.94.